The third-order valence-electron chi connectivity index (χ3n) is 3.54. The van der Waals surface area contributed by atoms with Crippen LogP contribution in [0.1, 0.15) is 6.42 Å². The van der Waals surface area contributed by atoms with E-state index in [0.29, 0.717) is 19.5 Å². The SMILES string of the molecule is N#CN1CCC(NS(=O)(=O)c2ccc3ncccc3c2)C1. The van der Waals surface area contributed by atoms with Gasteiger partial charge in [0.1, 0.15) is 0 Å². The van der Waals surface area contributed by atoms with Crippen LogP contribution in [0.15, 0.2) is 41.4 Å². The highest BCUT2D eigenvalue weighted by Crippen LogP contribution is 2.18. The van der Waals surface area contributed by atoms with Crippen LogP contribution in [-0.2, 0) is 10.0 Å². The summed E-state index contributed by atoms with van der Waals surface area (Å²) in [7, 11) is -3.58. The fraction of sp³-hybridized carbons (Fsp3) is 0.286. The van der Waals surface area contributed by atoms with Crippen LogP contribution in [0.3, 0.4) is 0 Å². The minimum atomic E-state index is -3.58. The zero-order chi connectivity index (χ0) is 14.9. The van der Waals surface area contributed by atoms with Gasteiger partial charge in [-0.05, 0) is 30.7 Å². The number of rotatable bonds is 3. The van der Waals surface area contributed by atoms with Gasteiger partial charge in [-0.2, -0.15) is 5.26 Å². The van der Waals surface area contributed by atoms with E-state index in [0.717, 1.165) is 10.9 Å². The van der Waals surface area contributed by atoms with Crippen molar-refractivity contribution in [3.63, 3.8) is 0 Å². The van der Waals surface area contributed by atoms with Crippen molar-refractivity contribution in [3.05, 3.63) is 36.5 Å². The van der Waals surface area contributed by atoms with E-state index in [1.807, 2.05) is 12.3 Å². The van der Waals surface area contributed by atoms with Crippen molar-refractivity contribution in [2.75, 3.05) is 13.1 Å². The van der Waals surface area contributed by atoms with E-state index in [4.69, 9.17) is 5.26 Å². The molecule has 0 spiro atoms. The van der Waals surface area contributed by atoms with Gasteiger partial charge < -0.3 is 4.90 Å². The molecule has 1 atom stereocenters. The summed E-state index contributed by atoms with van der Waals surface area (Å²) in [6.07, 6.45) is 4.35. The van der Waals surface area contributed by atoms with Crippen molar-refractivity contribution in [3.8, 4) is 6.19 Å². The number of pyridine rings is 1. The third kappa shape index (κ3) is 2.82. The van der Waals surface area contributed by atoms with Crippen molar-refractivity contribution >= 4 is 20.9 Å². The number of sulfonamides is 1. The first-order chi connectivity index (χ1) is 10.1. The van der Waals surface area contributed by atoms with Crippen molar-refractivity contribution in [1.82, 2.24) is 14.6 Å². The van der Waals surface area contributed by atoms with Gasteiger partial charge in [0.15, 0.2) is 6.19 Å². The summed E-state index contributed by atoms with van der Waals surface area (Å²) in [5.41, 5.74) is 0.757. The Morgan fingerprint density at radius 1 is 1.38 bits per heavy atom. The van der Waals surface area contributed by atoms with Gasteiger partial charge in [0.25, 0.3) is 0 Å². The molecule has 1 aliphatic heterocycles. The number of hydrogen-bond donors (Lipinski definition) is 1. The molecule has 3 rings (SSSR count). The number of fused-ring (bicyclic) bond motifs is 1. The Bertz CT molecular complexity index is 813. The van der Waals surface area contributed by atoms with E-state index in [2.05, 4.69) is 9.71 Å². The molecule has 1 N–H and O–H groups in total. The summed E-state index contributed by atoms with van der Waals surface area (Å²) in [5.74, 6) is 0. The highest BCUT2D eigenvalue weighted by atomic mass is 32.2. The first-order valence-electron chi connectivity index (χ1n) is 6.60. The predicted molar refractivity (Wildman–Crippen MR) is 77.7 cm³/mol. The molecule has 1 fully saturated rings. The second-order valence-corrected chi connectivity index (χ2v) is 6.72. The molecular weight excluding hydrogens is 288 g/mol. The van der Waals surface area contributed by atoms with E-state index in [1.165, 1.54) is 0 Å². The fourth-order valence-corrected chi connectivity index (χ4v) is 3.75. The largest absolute Gasteiger partial charge is 0.309 e. The maximum atomic E-state index is 12.4. The molecule has 1 unspecified atom stereocenters. The summed E-state index contributed by atoms with van der Waals surface area (Å²) >= 11 is 0. The van der Waals surface area contributed by atoms with Crippen molar-refractivity contribution in [1.29, 1.82) is 5.26 Å². The van der Waals surface area contributed by atoms with Crippen LogP contribution in [0.25, 0.3) is 10.9 Å². The normalized spacial score (nSPS) is 18.8. The van der Waals surface area contributed by atoms with Gasteiger partial charge in [-0.3, -0.25) is 4.98 Å². The van der Waals surface area contributed by atoms with Crippen LogP contribution >= 0.6 is 0 Å². The zero-order valence-corrected chi connectivity index (χ0v) is 12.0. The molecule has 6 nitrogen and oxygen atoms in total. The Hall–Kier alpha value is -2.17. The molecule has 2 heterocycles. The second kappa shape index (κ2) is 5.31. The molecule has 0 aliphatic carbocycles. The topological polar surface area (TPSA) is 86.1 Å². The highest BCUT2D eigenvalue weighted by molar-refractivity contribution is 7.89. The van der Waals surface area contributed by atoms with E-state index < -0.39 is 10.0 Å². The van der Waals surface area contributed by atoms with Crippen LogP contribution in [0.5, 0.6) is 0 Å². The summed E-state index contributed by atoms with van der Waals surface area (Å²) in [5, 5.41) is 9.59. The van der Waals surface area contributed by atoms with E-state index >= 15 is 0 Å². The summed E-state index contributed by atoms with van der Waals surface area (Å²) in [4.78, 5) is 5.94. The zero-order valence-electron chi connectivity index (χ0n) is 11.2. The Morgan fingerprint density at radius 2 is 2.24 bits per heavy atom. The predicted octanol–water partition coefficient (Wildman–Crippen LogP) is 1.07. The quantitative estimate of drug-likeness (QED) is 0.857. The molecule has 0 bridgehead atoms. The van der Waals surface area contributed by atoms with Gasteiger partial charge in [-0.15, -0.1) is 0 Å². The fourth-order valence-electron chi connectivity index (χ4n) is 2.46. The van der Waals surface area contributed by atoms with E-state index in [1.54, 1.807) is 35.4 Å². The van der Waals surface area contributed by atoms with Crippen LogP contribution in [0.4, 0.5) is 0 Å². The number of aromatic nitrogens is 1. The lowest BCUT2D eigenvalue weighted by Gasteiger charge is -2.13. The molecule has 2 aromatic rings. The molecule has 21 heavy (non-hydrogen) atoms. The average Bonchev–Trinajstić information content (AvgIpc) is 2.93. The molecule has 7 heteroatoms. The Labute approximate surface area is 123 Å². The first kappa shape index (κ1) is 13.8. The number of nitrogens with one attached hydrogen (secondary N) is 1. The van der Waals surface area contributed by atoms with Gasteiger partial charge in [0.05, 0.1) is 10.4 Å². The number of likely N-dealkylation sites (tertiary alicyclic amines) is 1. The molecular formula is C14H14N4O2S. The van der Waals surface area contributed by atoms with E-state index in [-0.39, 0.29) is 10.9 Å². The standard InChI is InChI=1S/C14H14N4O2S/c15-10-18-7-5-12(9-18)17-21(19,20)13-3-4-14-11(8-13)2-1-6-16-14/h1-4,6,8,12,17H,5,7,9H2. The third-order valence-corrected chi connectivity index (χ3v) is 5.05. The Morgan fingerprint density at radius 3 is 3.00 bits per heavy atom. The maximum Gasteiger partial charge on any atom is 0.240 e. The van der Waals surface area contributed by atoms with Crippen molar-refractivity contribution in [2.24, 2.45) is 0 Å². The Kier molecular flexibility index (Phi) is 3.49. The minimum Gasteiger partial charge on any atom is -0.309 e. The monoisotopic (exact) mass is 302 g/mol. The average molecular weight is 302 g/mol. The molecule has 1 saturated heterocycles. The van der Waals surface area contributed by atoms with Crippen LogP contribution in [-0.4, -0.2) is 37.4 Å². The molecule has 0 amide bonds. The van der Waals surface area contributed by atoms with E-state index in [9.17, 15) is 8.42 Å². The van der Waals surface area contributed by atoms with Crippen LogP contribution in [0, 0.1) is 11.5 Å². The van der Waals surface area contributed by atoms with Gasteiger partial charge in [-0.1, -0.05) is 6.07 Å². The minimum absolute atomic E-state index is 0.221. The molecule has 108 valence electrons. The highest BCUT2D eigenvalue weighted by Gasteiger charge is 2.26. The molecule has 1 aliphatic rings. The lowest BCUT2D eigenvalue weighted by molar-refractivity contribution is 0.470. The molecule has 0 radical (unpaired) electrons. The van der Waals surface area contributed by atoms with Crippen molar-refractivity contribution in [2.45, 2.75) is 17.4 Å². The second-order valence-electron chi connectivity index (χ2n) is 5.01. The molecule has 1 aromatic carbocycles. The first-order valence-corrected chi connectivity index (χ1v) is 8.08. The number of nitriles is 1. The van der Waals surface area contributed by atoms with Crippen molar-refractivity contribution < 1.29 is 8.42 Å². The summed E-state index contributed by atoms with van der Waals surface area (Å²) < 4.78 is 27.4. The lowest BCUT2D eigenvalue weighted by atomic mass is 10.2. The van der Waals surface area contributed by atoms with Gasteiger partial charge in [0.2, 0.25) is 10.0 Å². The Balaban J connectivity index is 1.85. The smallest absolute Gasteiger partial charge is 0.240 e. The van der Waals surface area contributed by atoms with Gasteiger partial charge in [0, 0.05) is 30.7 Å². The van der Waals surface area contributed by atoms with Gasteiger partial charge in [-0.25, -0.2) is 13.1 Å². The van der Waals surface area contributed by atoms with Crippen LogP contribution in [0.2, 0.25) is 0 Å². The van der Waals surface area contributed by atoms with Crippen LogP contribution < -0.4 is 4.72 Å². The molecule has 1 aromatic heterocycles. The number of hydrogen-bond acceptors (Lipinski definition) is 5. The molecule has 0 saturated carbocycles. The summed E-state index contributed by atoms with van der Waals surface area (Å²) in [6, 6.07) is 8.23. The summed E-state index contributed by atoms with van der Waals surface area (Å²) in [6.45, 7) is 1.01. The maximum absolute atomic E-state index is 12.4. The van der Waals surface area contributed by atoms with Gasteiger partial charge >= 0.3 is 0 Å². The number of nitrogens with zero attached hydrogens (tertiary/aromatic N) is 3. The lowest BCUT2D eigenvalue weighted by Crippen LogP contribution is -2.36. The number of benzene rings is 1.